The van der Waals surface area contributed by atoms with Gasteiger partial charge in [-0.2, -0.15) is 0 Å². The van der Waals surface area contributed by atoms with Crippen molar-refractivity contribution in [2.45, 2.75) is 37.7 Å². The Morgan fingerprint density at radius 1 is 1.17 bits per heavy atom. The summed E-state index contributed by atoms with van der Waals surface area (Å²) in [5, 5.41) is 6.82. The molecule has 0 heterocycles. The number of unbranched alkanes of at least 4 members (excludes halogenated alkanes) is 2. The molecule has 0 aromatic heterocycles. The van der Waals surface area contributed by atoms with Crippen molar-refractivity contribution in [3.63, 3.8) is 0 Å². The predicted octanol–water partition coefficient (Wildman–Crippen LogP) is 0.551. The Kier molecular flexibility index (Phi) is 7.21. The molecule has 0 amide bonds. The molecule has 0 fully saturated rings. The standard InChI is InChI=1S/C8H21NO7P2/c1-2-16-18(14,15)8(10,17(11,12)13)6-4-3-5-7-9/h10H,2-7,9H2,1H3,(H,14,15)(H2,11,12,13). The monoisotopic (exact) mass is 305 g/mol. The number of rotatable bonds is 9. The molecule has 8 nitrogen and oxygen atoms in total. The molecule has 110 valence electrons. The van der Waals surface area contributed by atoms with E-state index in [1.807, 2.05) is 0 Å². The number of aliphatic hydroxyl groups is 1. The Morgan fingerprint density at radius 3 is 2.11 bits per heavy atom. The quantitative estimate of drug-likeness (QED) is 0.306. The Balaban J connectivity index is 4.97. The molecule has 0 aliphatic heterocycles. The van der Waals surface area contributed by atoms with Crippen LogP contribution in [-0.4, -0.2) is 38.0 Å². The van der Waals surface area contributed by atoms with Crippen molar-refractivity contribution in [1.82, 2.24) is 0 Å². The van der Waals surface area contributed by atoms with Crippen LogP contribution in [0.5, 0.6) is 0 Å². The third kappa shape index (κ3) is 4.40. The van der Waals surface area contributed by atoms with Crippen LogP contribution < -0.4 is 5.73 Å². The Bertz CT molecular complexity index is 344. The minimum atomic E-state index is -5.20. The highest BCUT2D eigenvalue weighted by Crippen LogP contribution is 2.71. The van der Waals surface area contributed by atoms with Crippen molar-refractivity contribution in [2.24, 2.45) is 5.73 Å². The molecule has 6 N–H and O–H groups in total. The van der Waals surface area contributed by atoms with E-state index in [4.69, 9.17) is 15.5 Å². The lowest BCUT2D eigenvalue weighted by Gasteiger charge is -2.31. The molecule has 2 atom stereocenters. The fraction of sp³-hybridized carbons (Fsp3) is 1.00. The van der Waals surface area contributed by atoms with Crippen molar-refractivity contribution in [2.75, 3.05) is 13.2 Å². The summed E-state index contributed by atoms with van der Waals surface area (Å²) in [6.07, 6.45) is 0.730. The Morgan fingerprint density at radius 2 is 1.72 bits per heavy atom. The third-order valence-corrected chi connectivity index (χ3v) is 6.87. The normalized spacial score (nSPS) is 19.2. The highest BCUT2D eigenvalue weighted by Gasteiger charge is 2.60. The highest BCUT2D eigenvalue weighted by molar-refractivity contribution is 7.72. The average Bonchev–Trinajstić information content (AvgIpc) is 2.22. The smallest absolute Gasteiger partial charge is 0.368 e. The summed E-state index contributed by atoms with van der Waals surface area (Å²) in [5.74, 6) is 0. The van der Waals surface area contributed by atoms with Gasteiger partial charge in [0.25, 0.3) is 5.08 Å². The second kappa shape index (κ2) is 7.12. The molecule has 0 aromatic carbocycles. The zero-order chi connectivity index (χ0) is 14.4. The molecule has 0 rings (SSSR count). The molecule has 0 aliphatic carbocycles. The van der Waals surface area contributed by atoms with Gasteiger partial charge >= 0.3 is 15.2 Å². The van der Waals surface area contributed by atoms with E-state index in [1.165, 1.54) is 6.92 Å². The van der Waals surface area contributed by atoms with Crippen LogP contribution in [0.4, 0.5) is 0 Å². The van der Waals surface area contributed by atoms with E-state index >= 15 is 0 Å². The van der Waals surface area contributed by atoms with Crippen LogP contribution in [0, 0.1) is 0 Å². The molecule has 0 aliphatic rings. The average molecular weight is 305 g/mol. The van der Waals surface area contributed by atoms with E-state index in [0.717, 1.165) is 0 Å². The molecule has 0 spiro atoms. The van der Waals surface area contributed by atoms with Gasteiger partial charge in [0.05, 0.1) is 6.61 Å². The largest absolute Gasteiger partial charge is 0.371 e. The highest BCUT2D eigenvalue weighted by atomic mass is 31.2. The maximum atomic E-state index is 11.7. The Labute approximate surface area is 106 Å². The second-order valence-corrected chi connectivity index (χ2v) is 8.08. The van der Waals surface area contributed by atoms with Crippen molar-refractivity contribution in [3.8, 4) is 0 Å². The van der Waals surface area contributed by atoms with Gasteiger partial charge in [0.1, 0.15) is 0 Å². The number of hydrogen-bond acceptors (Lipinski definition) is 5. The maximum Gasteiger partial charge on any atom is 0.371 e. The summed E-state index contributed by atoms with van der Waals surface area (Å²) in [5.41, 5.74) is 5.25. The third-order valence-electron chi connectivity index (χ3n) is 2.44. The first kappa shape index (κ1) is 18.2. The fourth-order valence-corrected chi connectivity index (χ4v) is 4.35. The van der Waals surface area contributed by atoms with Crippen molar-refractivity contribution >= 4 is 15.2 Å². The molecular weight excluding hydrogens is 284 g/mol. The van der Waals surface area contributed by atoms with Crippen LogP contribution >= 0.6 is 15.2 Å². The second-order valence-electron chi connectivity index (χ2n) is 3.86. The lowest BCUT2D eigenvalue weighted by molar-refractivity contribution is 0.108. The van der Waals surface area contributed by atoms with E-state index in [1.54, 1.807) is 0 Å². The van der Waals surface area contributed by atoms with Gasteiger partial charge in [0.2, 0.25) is 0 Å². The summed E-state index contributed by atoms with van der Waals surface area (Å²) in [6, 6.07) is 0. The van der Waals surface area contributed by atoms with Crippen LogP contribution in [0.2, 0.25) is 0 Å². The molecule has 0 aromatic rings. The van der Waals surface area contributed by atoms with Gasteiger partial charge in [-0.25, -0.2) is 0 Å². The molecule has 0 radical (unpaired) electrons. The Hall–Kier alpha value is 0.220. The van der Waals surface area contributed by atoms with Crippen LogP contribution in [0.25, 0.3) is 0 Å². The molecule has 0 saturated heterocycles. The summed E-state index contributed by atoms with van der Waals surface area (Å²) >= 11 is 0. The fourth-order valence-electron chi connectivity index (χ4n) is 1.41. The van der Waals surface area contributed by atoms with E-state index in [9.17, 15) is 19.1 Å². The zero-order valence-electron chi connectivity index (χ0n) is 10.2. The summed E-state index contributed by atoms with van der Waals surface area (Å²) in [7, 11) is -10.0. The molecule has 10 heteroatoms. The summed E-state index contributed by atoms with van der Waals surface area (Å²) < 4.78 is 27.4. The van der Waals surface area contributed by atoms with Gasteiger partial charge in [-0.15, -0.1) is 0 Å². The zero-order valence-corrected chi connectivity index (χ0v) is 12.0. The van der Waals surface area contributed by atoms with Crippen LogP contribution in [0.3, 0.4) is 0 Å². The minimum Gasteiger partial charge on any atom is -0.368 e. The van der Waals surface area contributed by atoms with Gasteiger partial charge in [-0.1, -0.05) is 6.42 Å². The van der Waals surface area contributed by atoms with Crippen molar-refractivity contribution in [3.05, 3.63) is 0 Å². The summed E-state index contributed by atoms with van der Waals surface area (Å²) in [6.45, 7) is 1.55. The molecule has 18 heavy (non-hydrogen) atoms. The van der Waals surface area contributed by atoms with E-state index in [0.29, 0.717) is 19.4 Å². The minimum absolute atomic E-state index is 0.163. The lowest BCUT2D eigenvalue weighted by Crippen LogP contribution is -2.29. The van der Waals surface area contributed by atoms with E-state index in [2.05, 4.69) is 4.52 Å². The first-order valence-corrected chi connectivity index (χ1v) is 8.77. The van der Waals surface area contributed by atoms with Gasteiger partial charge in [-0.05, 0) is 32.7 Å². The van der Waals surface area contributed by atoms with Crippen molar-refractivity contribution in [1.29, 1.82) is 0 Å². The molecule has 0 saturated carbocycles. The van der Waals surface area contributed by atoms with Gasteiger partial charge in [0.15, 0.2) is 0 Å². The SMILES string of the molecule is CCOP(=O)(O)C(O)(CCCCCN)P(=O)(O)O. The van der Waals surface area contributed by atoms with Gasteiger partial charge in [0, 0.05) is 0 Å². The first-order chi connectivity index (χ1) is 8.12. The van der Waals surface area contributed by atoms with Crippen molar-refractivity contribution < 1.29 is 33.4 Å². The molecule has 2 unspecified atom stereocenters. The number of hydrogen-bond donors (Lipinski definition) is 5. The molecule has 0 bridgehead atoms. The van der Waals surface area contributed by atoms with Crippen LogP contribution in [0.15, 0.2) is 0 Å². The van der Waals surface area contributed by atoms with Gasteiger partial charge in [-0.3, -0.25) is 9.13 Å². The lowest BCUT2D eigenvalue weighted by atomic mass is 10.2. The van der Waals surface area contributed by atoms with Crippen LogP contribution in [-0.2, 0) is 13.7 Å². The number of nitrogens with two attached hydrogens (primary N) is 1. The predicted molar refractivity (Wildman–Crippen MR) is 66.0 cm³/mol. The maximum absolute atomic E-state index is 11.7. The molecular formula is C8H21NO7P2. The first-order valence-electron chi connectivity index (χ1n) is 5.58. The van der Waals surface area contributed by atoms with Gasteiger partial charge < -0.3 is 30.0 Å². The van der Waals surface area contributed by atoms with E-state index in [-0.39, 0.29) is 13.0 Å². The van der Waals surface area contributed by atoms with Crippen LogP contribution in [0.1, 0.15) is 32.6 Å². The summed E-state index contributed by atoms with van der Waals surface area (Å²) in [4.78, 5) is 27.7. The van der Waals surface area contributed by atoms with E-state index < -0.39 is 26.7 Å². The topological polar surface area (TPSA) is 150 Å².